The van der Waals surface area contributed by atoms with Crippen molar-refractivity contribution in [2.24, 2.45) is 14.1 Å². The zero-order valence-electron chi connectivity index (χ0n) is 15.1. The van der Waals surface area contributed by atoms with Crippen LogP contribution in [0, 0.1) is 0 Å². The molecule has 8 nitrogen and oxygen atoms in total. The first-order valence-electron chi connectivity index (χ1n) is 7.74. The summed E-state index contributed by atoms with van der Waals surface area (Å²) in [5.41, 5.74) is 3.93. The molecule has 144 valence electrons. The Labute approximate surface area is 163 Å². The summed E-state index contributed by atoms with van der Waals surface area (Å²) in [5.74, 6) is -1.91. The first-order chi connectivity index (χ1) is 12.6. The number of anilines is 1. The summed E-state index contributed by atoms with van der Waals surface area (Å²) in [6.45, 7) is 1.32. The zero-order valence-corrected chi connectivity index (χ0v) is 16.7. The number of carbonyl (C=O) groups is 2. The van der Waals surface area contributed by atoms with Crippen molar-refractivity contribution in [1.82, 2.24) is 9.13 Å². The lowest BCUT2D eigenvalue weighted by Gasteiger charge is -2.16. The van der Waals surface area contributed by atoms with Crippen LogP contribution in [0.4, 0.5) is 5.82 Å². The molecule has 0 radical (unpaired) electrons. The van der Waals surface area contributed by atoms with Gasteiger partial charge in [-0.25, -0.2) is 9.59 Å². The van der Waals surface area contributed by atoms with E-state index in [1.807, 2.05) is 6.26 Å². The van der Waals surface area contributed by atoms with Crippen LogP contribution in [0.2, 0.25) is 5.02 Å². The molecule has 1 aromatic heterocycles. The molecule has 0 aliphatic rings. The molecule has 1 heterocycles. The van der Waals surface area contributed by atoms with Gasteiger partial charge in [-0.2, -0.15) is 0 Å². The van der Waals surface area contributed by atoms with Crippen LogP contribution < -0.4 is 17.0 Å². The third-order valence-electron chi connectivity index (χ3n) is 4.00. The number of rotatable bonds is 5. The third-order valence-corrected chi connectivity index (χ3v) is 5.06. The second-order valence-electron chi connectivity index (χ2n) is 5.72. The quantitative estimate of drug-likeness (QED) is 0.450. The number of aromatic nitrogens is 2. The van der Waals surface area contributed by atoms with Crippen molar-refractivity contribution in [1.29, 1.82) is 0 Å². The Morgan fingerprint density at radius 3 is 2.44 bits per heavy atom. The Morgan fingerprint density at radius 2 is 1.85 bits per heavy atom. The highest BCUT2D eigenvalue weighted by Crippen LogP contribution is 2.24. The summed E-state index contributed by atoms with van der Waals surface area (Å²) < 4.78 is 6.91. The number of ketones is 1. The predicted octanol–water partition coefficient (Wildman–Crippen LogP) is 1.47. The van der Waals surface area contributed by atoms with Gasteiger partial charge in [0, 0.05) is 19.0 Å². The monoisotopic (exact) mass is 411 g/mol. The molecule has 0 bridgehead atoms. The number of nitrogen functional groups attached to an aromatic ring is 1. The molecule has 0 fully saturated rings. The molecular weight excluding hydrogens is 394 g/mol. The molecule has 2 N–H and O–H groups in total. The first kappa shape index (κ1) is 20.8. The number of Topliss-reactive ketones (excluding diaryl/α,β-unsaturated/α-hetero) is 1. The van der Waals surface area contributed by atoms with Gasteiger partial charge in [-0.1, -0.05) is 11.6 Å². The molecule has 0 saturated carbocycles. The van der Waals surface area contributed by atoms with E-state index in [2.05, 4.69) is 0 Å². The minimum absolute atomic E-state index is 0.101. The summed E-state index contributed by atoms with van der Waals surface area (Å²) in [4.78, 5) is 50.0. The fourth-order valence-electron chi connectivity index (χ4n) is 2.36. The van der Waals surface area contributed by atoms with E-state index in [0.717, 1.165) is 14.0 Å². The maximum absolute atomic E-state index is 12.7. The lowest BCUT2D eigenvalue weighted by molar-refractivity contribution is 0.0318. The van der Waals surface area contributed by atoms with E-state index in [0.29, 0.717) is 0 Å². The summed E-state index contributed by atoms with van der Waals surface area (Å²) in [7, 11) is 2.56. The summed E-state index contributed by atoms with van der Waals surface area (Å²) in [6, 6.07) is 4.84. The van der Waals surface area contributed by atoms with Gasteiger partial charge in [0.05, 0.1) is 10.6 Å². The molecule has 2 rings (SSSR count). The molecule has 1 atom stereocenters. The SMILES string of the molecule is CSc1ccc(Cl)c(C(=O)OC(C)C(=O)c2c(N)n(C)c(=O)n(C)c2=O)c1. The van der Waals surface area contributed by atoms with Crippen LogP contribution >= 0.6 is 23.4 Å². The fourth-order valence-corrected chi connectivity index (χ4v) is 2.99. The number of thioether (sulfide) groups is 1. The van der Waals surface area contributed by atoms with Crippen molar-refractivity contribution in [3.05, 3.63) is 55.2 Å². The summed E-state index contributed by atoms with van der Waals surface area (Å²) in [5, 5.41) is 0.176. The lowest BCUT2D eigenvalue weighted by atomic mass is 10.1. The summed E-state index contributed by atoms with van der Waals surface area (Å²) >= 11 is 7.44. The van der Waals surface area contributed by atoms with Crippen molar-refractivity contribution >= 4 is 40.9 Å². The normalized spacial score (nSPS) is 11.9. The molecule has 27 heavy (non-hydrogen) atoms. The van der Waals surface area contributed by atoms with Gasteiger partial charge in [0.15, 0.2) is 6.10 Å². The Balaban J connectivity index is 2.36. The van der Waals surface area contributed by atoms with E-state index in [-0.39, 0.29) is 16.4 Å². The van der Waals surface area contributed by atoms with Crippen molar-refractivity contribution in [3.8, 4) is 0 Å². The standard InChI is InChI=1S/C17H18ClN3O5S/c1-8(26-16(24)10-7-9(27-4)5-6-11(10)18)13(22)12-14(19)20(2)17(25)21(3)15(12)23/h5-8H,19H2,1-4H3. The second kappa shape index (κ2) is 8.01. The Kier molecular flexibility index (Phi) is 6.17. The Morgan fingerprint density at radius 1 is 1.22 bits per heavy atom. The van der Waals surface area contributed by atoms with Crippen LogP contribution in [-0.2, 0) is 18.8 Å². The maximum atomic E-state index is 12.7. The van der Waals surface area contributed by atoms with Gasteiger partial charge in [-0.3, -0.25) is 18.7 Å². The number of nitrogens with two attached hydrogens (primary N) is 1. The predicted molar refractivity (Wildman–Crippen MR) is 104 cm³/mol. The number of hydrogen-bond donors (Lipinski definition) is 1. The highest BCUT2D eigenvalue weighted by Gasteiger charge is 2.28. The van der Waals surface area contributed by atoms with Crippen molar-refractivity contribution in [2.75, 3.05) is 12.0 Å². The highest BCUT2D eigenvalue weighted by atomic mass is 35.5. The molecule has 1 unspecified atom stereocenters. The molecule has 0 aliphatic carbocycles. The van der Waals surface area contributed by atoms with E-state index in [9.17, 15) is 19.2 Å². The van der Waals surface area contributed by atoms with Crippen LogP contribution in [0.3, 0.4) is 0 Å². The number of esters is 1. The van der Waals surface area contributed by atoms with Crippen molar-refractivity contribution in [2.45, 2.75) is 17.9 Å². The van der Waals surface area contributed by atoms with Gasteiger partial charge in [-0.15, -0.1) is 11.8 Å². The third kappa shape index (κ3) is 3.93. The number of halogens is 1. The lowest BCUT2D eigenvalue weighted by Crippen LogP contribution is -2.43. The van der Waals surface area contributed by atoms with Gasteiger partial charge < -0.3 is 10.5 Å². The van der Waals surface area contributed by atoms with E-state index in [1.165, 1.54) is 32.8 Å². The molecule has 1 aromatic carbocycles. The van der Waals surface area contributed by atoms with Crippen LogP contribution in [0.15, 0.2) is 32.7 Å². The molecule has 0 amide bonds. The molecule has 0 aliphatic heterocycles. The smallest absolute Gasteiger partial charge is 0.340 e. The Bertz CT molecular complexity index is 1040. The minimum atomic E-state index is -1.31. The van der Waals surface area contributed by atoms with Crippen LogP contribution in [0.1, 0.15) is 27.6 Å². The Hall–Kier alpha value is -2.52. The van der Waals surface area contributed by atoms with Gasteiger partial charge in [0.25, 0.3) is 5.56 Å². The first-order valence-corrected chi connectivity index (χ1v) is 9.34. The van der Waals surface area contributed by atoms with Crippen LogP contribution in [0.5, 0.6) is 0 Å². The highest BCUT2D eigenvalue weighted by molar-refractivity contribution is 7.98. The van der Waals surface area contributed by atoms with Gasteiger partial charge >= 0.3 is 11.7 Å². The van der Waals surface area contributed by atoms with E-state index in [1.54, 1.807) is 18.2 Å². The second-order valence-corrected chi connectivity index (χ2v) is 7.01. The van der Waals surface area contributed by atoms with Crippen LogP contribution in [-0.4, -0.2) is 33.2 Å². The topological polar surface area (TPSA) is 113 Å². The molecular formula is C17H18ClN3O5S. The van der Waals surface area contributed by atoms with Crippen molar-refractivity contribution < 1.29 is 14.3 Å². The summed E-state index contributed by atoms with van der Waals surface area (Å²) in [6.07, 6.45) is 0.530. The largest absolute Gasteiger partial charge is 0.451 e. The van der Waals surface area contributed by atoms with Gasteiger partial charge in [0.1, 0.15) is 11.4 Å². The molecule has 2 aromatic rings. The fraction of sp³-hybridized carbons (Fsp3) is 0.294. The molecule has 10 heteroatoms. The maximum Gasteiger partial charge on any atom is 0.340 e. The van der Waals surface area contributed by atoms with Crippen molar-refractivity contribution in [3.63, 3.8) is 0 Å². The number of ether oxygens (including phenoxy) is 1. The van der Waals surface area contributed by atoms with E-state index >= 15 is 0 Å². The number of benzene rings is 1. The van der Waals surface area contributed by atoms with E-state index < -0.39 is 34.7 Å². The zero-order chi connectivity index (χ0) is 20.5. The molecule has 0 saturated heterocycles. The average molecular weight is 412 g/mol. The molecule has 0 spiro atoms. The van der Waals surface area contributed by atoms with Gasteiger partial charge in [-0.05, 0) is 31.4 Å². The number of hydrogen-bond acceptors (Lipinski definition) is 7. The average Bonchev–Trinajstić information content (AvgIpc) is 2.65. The minimum Gasteiger partial charge on any atom is -0.451 e. The number of carbonyl (C=O) groups excluding carboxylic acids is 2. The van der Waals surface area contributed by atoms with Crippen LogP contribution in [0.25, 0.3) is 0 Å². The van der Waals surface area contributed by atoms with Gasteiger partial charge in [0.2, 0.25) is 5.78 Å². The number of nitrogens with zero attached hydrogens (tertiary/aromatic N) is 2. The van der Waals surface area contributed by atoms with E-state index in [4.69, 9.17) is 22.1 Å².